The molecule has 0 saturated carbocycles. The fraction of sp³-hybridized carbons (Fsp3) is 0.316. The maximum absolute atomic E-state index is 13.2. The lowest BCUT2D eigenvalue weighted by atomic mass is 10.2. The number of nitrogens with zero attached hydrogens (tertiary/aromatic N) is 3. The maximum atomic E-state index is 13.2. The Morgan fingerprint density at radius 1 is 1.04 bits per heavy atom. The van der Waals surface area contributed by atoms with E-state index < -0.39 is 0 Å². The number of hydrogen-bond acceptors (Lipinski definition) is 3. The molecule has 0 aliphatic carbocycles. The summed E-state index contributed by atoms with van der Waals surface area (Å²) in [5.41, 5.74) is 2.79. The fourth-order valence-corrected chi connectivity index (χ4v) is 3.25. The van der Waals surface area contributed by atoms with E-state index in [2.05, 4.69) is 15.9 Å². The largest absolute Gasteiger partial charge is 0.370 e. The number of halogens is 2. The molecule has 1 saturated heterocycles. The van der Waals surface area contributed by atoms with E-state index in [0.29, 0.717) is 10.6 Å². The van der Waals surface area contributed by atoms with Crippen molar-refractivity contribution in [3.05, 3.63) is 64.4 Å². The lowest BCUT2D eigenvalue weighted by molar-refractivity contribution is 0.285. The SMILES string of the molecule is N#Cc1ccc(N2CCCN(Cc3ccc(F)cc3Cl)CC2)cc1. The Balaban J connectivity index is 1.63. The van der Waals surface area contributed by atoms with Crippen LogP contribution in [0.4, 0.5) is 10.1 Å². The van der Waals surface area contributed by atoms with Gasteiger partial charge in [0.2, 0.25) is 0 Å². The van der Waals surface area contributed by atoms with Gasteiger partial charge in [0.1, 0.15) is 5.82 Å². The van der Waals surface area contributed by atoms with Crippen molar-refractivity contribution in [2.24, 2.45) is 0 Å². The van der Waals surface area contributed by atoms with E-state index in [0.717, 1.165) is 50.4 Å². The van der Waals surface area contributed by atoms with Crippen molar-refractivity contribution in [3.8, 4) is 6.07 Å². The third kappa shape index (κ3) is 4.05. The number of nitriles is 1. The van der Waals surface area contributed by atoms with Crippen LogP contribution in [0.1, 0.15) is 17.5 Å². The molecule has 0 radical (unpaired) electrons. The van der Waals surface area contributed by atoms with Crippen molar-refractivity contribution in [2.75, 3.05) is 31.1 Å². The molecule has 0 amide bonds. The lowest BCUT2D eigenvalue weighted by Gasteiger charge is -2.24. The molecule has 124 valence electrons. The third-order valence-corrected chi connectivity index (χ3v) is 4.71. The minimum atomic E-state index is -0.299. The Bertz CT molecular complexity index is 739. The van der Waals surface area contributed by atoms with E-state index in [1.54, 1.807) is 6.07 Å². The zero-order valence-electron chi connectivity index (χ0n) is 13.4. The summed E-state index contributed by atoms with van der Waals surface area (Å²) >= 11 is 6.14. The van der Waals surface area contributed by atoms with E-state index in [1.165, 1.54) is 12.1 Å². The molecule has 0 spiro atoms. The minimum absolute atomic E-state index is 0.299. The Morgan fingerprint density at radius 2 is 1.83 bits per heavy atom. The van der Waals surface area contributed by atoms with Crippen molar-refractivity contribution in [1.29, 1.82) is 5.26 Å². The zero-order valence-corrected chi connectivity index (χ0v) is 14.1. The molecule has 0 aromatic heterocycles. The van der Waals surface area contributed by atoms with Crippen LogP contribution in [0.2, 0.25) is 5.02 Å². The second-order valence-electron chi connectivity index (χ2n) is 6.01. The molecule has 3 rings (SSSR count). The number of anilines is 1. The highest BCUT2D eigenvalue weighted by Crippen LogP contribution is 2.21. The molecule has 2 aromatic carbocycles. The van der Waals surface area contributed by atoms with Gasteiger partial charge in [-0.2, -0.15) is 5.26 Å². The van der Waals surface area contributed by atoms with Crippen LogP contribution in [0.5, 0.6) is 0 Å². The molecule has 3 nitrogen and oxygen atoms in total. The quantitative estimate of drug-likeness (QED) is 0.841. The summed E-state index contributed by atoms with van der Waals surface area (Å²) in [6.07, 6.45) is 1.05. The first-order valence-electron chi connectivity index (χ1n) is 8.07. The third-order valence-electron chi connectivity index (χ3n) is 4.36. The Kier molecular flexibility index (Phi) is 5.34. The first-order chi connectivity index (χ1) is 11.7. The lowest BCUT2D eigenvalue weighted by Crippen LogP contribution is -2.30. The van der Waals surface area contributed by atoms with Crippen molar-refractivity contribution >= 4 is 17.3 Å². The van der Waals surface area contributed by atoms with Crippen molar-refractivity contribution in [2.45, 2.75) is 13.0 Å². The Morgan fingerprint density at radius 3 is 2.54 bits per heavy atom. The van der Waals surface area contributed by atoms with Gasteiger partial charge in [-0.15, -0.1) is 0 Å². The number of benzene rings is 2. The van der Waals surface area contributed by atoms with E-state index in [9.17, 15) is 4.39 Å². The van der Waals surface area contributed by atoms with Gasteiger partial charge < -0.3 is 4.90 Å². The molecule has 2 aromatic rings. The Hall–Kier alpha value is -2.09. The minimum Gasteiger partial charge on any atom is -0.370 e. The molecule has 1 fully saturated rings. The van der Waals surface area contributed by atoms with Gasteiger partial charge in [-0.3, -0.25) is 4.90 Å². The summed E-state index contributed by atoms with van der Waals surface area (Å²) in [4.78, 5) is 4.69. The first kappa shape index (κ1) is 16.8. The summed E-state index contributed by atoms with van der Waals surface area (Å²) in [6.45, 7) is 4.55. The number of hydrogen-bond donors (Lipinski definition) is 0. The van der Waals surface area contributed by atoms with Crippen molar-refractivity contribution in [3.63, 3.8) is 0 Å². The first-order valence-corrected chi connectivity index (χ1v) is 8.45. The van der Waals surface area contributed by atoms with Gasteiger partial charge in [0.25, 0.3) is 0 Å². The topological polar surface area (TPSA) is 30.3 Å². The summed E-state index contributed by atoms with van der Waals surface area (Å²) in [6, 6.07) is 14.5. The zero-order chi connectivity index (χ0) is 16.9. The molecule has 1 aliphatic heterocycles. The monoisotopic (exact) mass is 343 g/mol. The highest BCUT2D eigenvalue weighted by Gasteiger charge is 2.16. The molecule has 1 aliphatic rings. The van der Waals surface area contributed by atoms with E-state index in [-0.39, 0.29) is 5.82 Å². The molecule has 0 unspecified atom stereocenters. The molecular weight excluding hydrogens is 325 g/mol. The molecule has 0 bridgehead atoms. The standard InChI is InChI=1S/C19H19ClFN3/c20-19-12-17(21)5-4-16(19)14-23-8-1-9-24(11-10-23)18-6-2-15(13-22)3-7-18/h2-7,12H,1,8-11,14H2. The van der Waals surface area contributed by atoms with Crippen LogP contribution in [0.25, 0.3) is 0 Å². The summed E-state index contributed by atoms with van der Waals surface area (Å²) in [5, 5.41) is 9.38. The van der Waals surface area contributed by atoms with Crippen LogP contribution in [0.15, 0.2) is 42.5 Å². The van der Waals surface area contributed by atoms with Gasteiger partial charge in [-0.25, -0.2) is 4.39 Å². The molecule has 0 atom stereocenters. The van der Waals surface area contributed by atoms with Crippen LogP contribution >= 0.6 is 11.6 Å². The highest BCUT2D eigenvalue weighted by molar-refractivity contribution is 6.31. The van der Waals surface area contributed by atoms with Crippen LogP contribution in [0.3, 0.4) is 0 Å². The van der Waals surface area contributed by atoms with Gasteiger partial charge in [0.15, 0.2) is 0 Å². The van der Waals surface area contributed by atoms with Crippen molar-refractivity contribution < 1.29 is 4.39 Å². The van der Waals surface area contributed by atoms with Gasteiger partial charge >= 0.3 is 0 Å². The molecule has 24 heavy (non-hydrogen) atoms. The van der Waals surface area contributed by atoms with Gasteiger partial charge in [0, 0.05) is 43.4 Å². The summed E-state index contributed by atoms with van der Waals surface area (Å²) < 4.78 is 13.2. The molecule has 0 N–H and O–H groups in total. The van der Waals surface area contributed by atoms with E-state index in [1.807, 2.05) is 24.3 Å². The predicted octanol–water partition coefficient (Wildman–Crippen LogP) is 4.06. The van der Waals surface area contributed by atoms with Crippen molar-refractivity contribution in [1.82, 2.24) is 4.90 Å². The molecule has 5 heteroatoms. The second kappa shape index (κ2) is 7.65. The Labute approximate surface area is 146 Å². The summed E-state index contributed by atoms with van der Waals surface area (Å²) in [7, 11) is 0. The van der Waals surface area contributed by atoms with E-state index >= 15 is 0 Å². The van der Waals surface area contributed by atoms with Gasteiger partial charge in [-0.1, -0.05) is 17.7 Å². The normalized spacial score (nSPS) is 15.8. The van der Waals surface area contributed by atoms with Gasteiger partial charge in [-0.05, 0) is 48.4 Å². The number of rotatable bonds is 3. The van der Waals surface area contributed by atoms with E-state index in [4.69, 9.17) is 16.9 Å². The van der Waals surface area contributed by atoms with Crippen LogP contribution in [-0.2, 0) is 6.54 Å². The average molecular weight is 344 g/mol. The van der Waals surface area contributed by atoms with Gasteiger partial charge in [0.05, 0.1) is 11.6 Å². The highest BCUT2D eigenvalue weighted by atomic mass is 35.5. The average Bonchev–Trinajstić information content (AvgIpc) is 2.83. The second-order valence-corrected chi connectivity index (χ2v) is 6.42. The molecule has 1 heterocycles. The maximum Gasteiger partial charge on any atom is 0.124 e. The summed E-state index contributed by atoms with van der Waals surface area (Å²) in [5.74, 6) is -0.299. The fourth-order valence-electron chi connectivity index (χ4n) is 3.02. The smallest absolute Gasteiger partial charge is 0.124 e. The van der Waals surface area contributed by atoms with Crippen LogP contribution in [0, 0.1) is 17.1 Å². The molecular formula is C19H19ClFN3. The predicted molar refractivity (Wildman–Crippen MR) is 94.7 cm³/mol. The van der Waals surface area contributed by atoms with Crippen LogP contribution in [-0.4, -0.2) is 31.1 Å². The van der Waals surface area contributed by atoms with Crippen LogP contribution < -0.4 is 4.90 Å².